The Morgan fingerprint density at radius 1 is 0.966 bits per heavy atom. The molecule has 0 atom stereocenters. The van der Waals surface area contributed by atoms with E-state index in [0.29, 0.717) is 13.2 Å². The van der Waals surface area contributed by atoms with Crippen LogP contribution in [0.2, 0.25) is 5.02 Å². The summed E-state index contributed by atoms with van der Waals surface area (Å²) in [6.45, 7) is 7.29. The van der Waals surface area contributed by atoms with Crippen LogP contribution in [0.15, 0.2) is 42.5 Å². The van der Waals surface area contributed by atoms with Crippen molar-refractivity contribution in [3.05, 3.63) is 58.6 Å². The zero-order valence-electron chi connectivity index (χ0n) is 16.8. The first-order valence-electron chi connectivity index (χ1n) is 9.79. The molecule has 2 aromatic rings. The SMILES string of the molecule is CCOc1cc(CNCC2CCNCC2)ccc1OCc1ccc(Cl)cc1.Cl.Cl. The summed E-state index contributed by atoms with van der Waals surface area (Å²) in [7, 11) is 0. The zero-order chi connectivity index (χ0) is 18.9. The Hall–Kier alpha value is -1.17. The molecule has 0 saturated carbocycles. The Morgan fingerprint density at radius 2 is 1.66 bits per heavy atom. The van der Waals surface area contributed by atoms with Gasteiger partial charge in [-0.2, -0.15) is 0 Å². The number of piperidine rings is 1. The molecule has 0 bridgehead atoms. The summed E-state index contributed by atoms with van der Waals surface area (Å²) in [5, 5.41) is 7.73. The van der Waals surface area contributed by atoms with Crippen molar-refractivity contribution in [2.24, 2.45) is 5.92 Å². The smallest absolute Gasteiger partial charge is 0.161 e. The predicted octanol–water partition coefficient (Wildman–Crippen LogP) is 5.25. The third-order valence-corrected chi connectivity index (χ3v) is 5.09. The highest BCUT2D eigenvalue weighted by molar-refractivity contribution is 6.30. The van der Waals surface area contributed by atoms with E-state index < -0.39 is 0 Å². The van der Waals surface area contributed by atoms with Gasteiger partial charge in [0.15, 0.2) is 11.5 Å². The van der Waals surface area contributed by atoms with E-state index in [1.807, 2.05) is 37.3 Å². The average Bonchev–Trinajstić information content (AvgIpc) is 2.70. The molecule has 2 aromatic carbocycles. The molecule has 162 valence electrons. The first-order valence-corrected chi connectivity index (χ1v) is 10.2. The summed E-state index contributed by atoms with van der Waals surface area (Å²) >= 11 is 5.93. The topological polar surface area (TPSA) is 42.5 Å². The maximum absolute atomic E-state index is 5.97. The molecule has 0 amide bonds. The van der Waals surface area contributed by atoms with E-state index in [1.54, 1.807) is 0 Å². The number of nitrogens with one attached hydrogen (secondary N) is 2. The Labute approximate surface area is 191 Å². The third-order valence-electron chi connectivity index (χ3n) is 4.84. The number of rotatable bonds is 9. The van der Waals surface area contributed by atoms with E-state index >= 15 is 0 Å². The van der Waals surface area contributed by atoms with Gasteiger partial charge in [0, 0.05) is 11.6 Å². The lowest BCUT2D eigenvalue weighted by atomic mass is 9.98. The number of hydrogen-bond acceptors (Lipinski definition) is 4. The van der Waals surface area contributed by atoms with Crippen LogP contribution < -0.4 is 20.1 Å². The van der Waals surface area contributed by atoms with Crippen molar-refractivity contribution in [1.82, 2.24) is 10.6 Å². The van der Waals surface area contributed by atoms with Gasteiger partial charge < -0.3 is 20.1 Å². The van der Waals surface area contributed by atoms with Crippen LogP contribution in [0.3, 0.4) is 0 Å². The second-order valence-electron chi connectivity index (χ2n) is 6.95. The summed E-state index contributed by atoms with van der Waals surface area (Å²) in [4.78, 5) is 0. The van der Waals surface area contributed by atoms with E-state index in [2.05, 4.69) is 22.8 Å². The van der Waals surface area contributed by atoms with Crippen LogP contribution in [0, 0.1) is 5.92 Å². The molecule has 0 spiro atoms. The lowest BCUT2D eigenvalue weighted by Crippen LogP contribution is -2.33. The van der Waals surface area contributed by atoms with Gasteiger partial charge in [0.2, 0.25) is 0 Å². The van der Waals surface area contributed by atoms with Crippen LogP contribution >= 0.6 is 36.4 Å². The van der Waals surface area contributed by atoms with E-state index in [0.717, 1.165) is 54.2 Å². The van der Waals surface area contributed by atoms with Gasteiger partial charge in [0.1, 0.15) is 6.61 Å². The molecule has 3 rings (SSSR count). The quantitative estimate of drug-likeness (QED) is 0.535. The fraction of sp³-hybridized carbons (Fsp3) is 0.455. The Balaban J connectivity index is 0.00000210. The molecular formula is C22H31Cl3N2O2. The highest BCUT2D eigenvalue weighted by Crippen LogP contribution is 2.29. The van der Waals surface area contributed by atoms with Crippen molar-refractivity contribution in [3.63, 3.8) is 0 Å². The molecule has 1 fully saturated rings. The van der Waals surface area contributed by atoms with Crippen LogP contribution in [0.4, 0.5) is 0 Å². The van der Waals surface area contributed by atoms with Crippen molar-refractivity contribution in [1.29, 1.82) is 0 Å². The fourth-order valence-electron chi connectivity index (χ4n) is 3.30. The first kappa shape index (κ1) is 25.9. The molecule has 7 heteroatoms. The maximum Gasteiger partial charge on any atom is 0.161 e. The van der Waals surface area contributed by atoms with Gasteiger partial charge in [0.25, 0.3) is 0 Å². The highest BCUT2D eigenvalue weighted by atomic mass is 35.5. The maximum atomic E-state index is 5.97. The van der Waals surface area contributed by atoms with Crippen LogP contribution in [-0.4, -0.2) is 26.2 Å². The molecule has 0 aliphatic carbocycles. The molecule has 0 radical (unpaired) electrons. The molecule has 29 heavy (non-hydrogen) atoms. The van der Waals surface area contributed by atoms with E-state index in [4.69, 9.17) is 21.1 Å². The van der Waals surface area contributed by atoms with Gasteiger partial charge in [0.05, 0.1) is 6.61 Å². The van der Waals surface area contributed by atoms with Gasteiger partial charge >= 0.3 is 0 Å². The van der Waals surface area contributed by atoms with Gasteiger partial charge in [-0.3, -0.25) is 0 Å². The first-order chi connectivity index (χ1) is 13.2. The van der Waals surface area contributed by atoms with E-state index in [1.165, 1.54) is 18.4 Å². The summed E-state index contributed by atoms with van der Waals surface area (Å²) in [6, 6.07) is 13.9. The monoisotopic (exact) mass is 460 g/mol. The third kappa shape index (κ3) is 8.61. The van der Waals surface area contributed by atoms with Crippen molar-refractivity contribution < 1.29 is 9.47 Å². The Kier molecular flexibility index (Phi) is 12.4. The Bertz CT molecular complexity index is 708. The molecular weight excluding hydrogens is 431 g/mol. The van der Waals surface area contributed by atoms with Crippen LogP contribution in [0.25, 0.3) is 0 Å². The molecule has 0 unspecified atom stereocenters. The molecule has 2 N–H and O–H groups in total. The van der Waals surface area contributed by atoms with Crippen LogP contribution in [-0.2, 0) is 13.2 Å². The second kappa shape index (κ2) is 13.9. The van der Waals surface area contributed by atoms with Crippen molar-refractivity contribution in [3.8, 4) is 11.5 Å². The largest absolute Gasteiger partial charge is 0.490 e. The van der Waals surface area contributed by atoms with Gasteiger partial charge in [-0.05, 0) is 80.7 Å². The zero-order valence-corrected chi connectivity index (χ0v) is 19.2. The number of hydrogen-bond donors (Lipinski definition) is 2. The van der Waals surface area contributed by atoms with Crippen molar-refractivity contribution >= 4 is 36.4 Å². The molecule has 0 aromatic heterocycles. The number of benzene rings is 2. The molecule has 1 aliphatic heterocycles. The highest BCUT2D eigenvalue weighted by Gasteiger charge is 2.12. The van der Waals surface area contributed by atoms with Crippen molar-refractivity contribution in [2.45, 2.75) is 32.9 Å². The molecule has 1 heterocycles. The van der Waals surface area contributed by atoms with E-state index in [-0.39, 0.29) is 24.8 Å². The standard InChI is InChI=1S/C22H29ClN2O2.2ClH/c1-2-26-22-13-19(15-25-14-17-9-11-24-12-10-17)5-8-21(22)27-16-18-3-6-20(23)7-4-18;;/h3-8,13,17,24-25H,2,9-12,14-16H2,1H3;2*1H. The van der Waals surface area contributed by atoms with Crippen LogP contribution in [0.5, 0.6) is 11.5 Å². The second-order valence-corrected chi connectivity index (χ2v) is 7.39. The van der Waals surface area contributed by atoms with Crippen LogP contribution in [0.1, 0.15) is 30.9 Å². The van der Waals surface area contributed by atoms with Gasteiger partial charge in [-0.25, -0.2) is 0 Å². The van der Waals surface area contributed by atoms with Gasteiger partial charge in [-0.15, -0.1) is 24.8 Å². The minimum Gasteiger partial charge on any atom is -0.490 e. The molecule has 1 aliphatic rings. The van der Waals surface area contributed by atoms with E-state index in [9.17, 15) is 0 Å². The Morgan fingerprint density at radius 3 is 2.34 bits per heavy atom. The number of halogens is 3. The lowest BCUT2D eigenvalue weighted by molar-refractivity contribution is 0.269. The molecule has 1 saturated heterocycles. The summed E-state index contributed by atoms with van der Waals surface area (Å²) < 4.78 is 11.8. The summed E-state index contributed by atoms with van der Waals surface area (Å²) in [5.41, 5.74) is 2.29. The molecule has 4 nitrogen and oxygen atoms in total. The predicted molar refractivity (Wildman–Crippen MR) is 125 cm³/mol. The lowest BCUT2D eigenvalue weighted by Gasteiger charge is -2.23. The minimum absolute atomic E-state index is 0. The average molecular weight is 462 g/mol. The number of ether oxygens (including phenoxy) is 2. The summed E-state index contributed by atoms with van der Waals surface area (Å²) in [6.07, 6.45) is 2.52. The summed E-state index contributed by atoms with van der Waals surface area (Å²) in [5.74, 6) is 2.35. The normalized spacial score (nSPS) is 13.9. The minimum atomic E-state index is 0. The van der Waals surface area contributed by atoms with Crippen molar-refractivity contribution in [2.75, 3.05) is 26.2 Å². The fourth-order valence-corrected chi connectivity index (χ4v) is 3.42. The van der Waals surface area contributed by atoms with Gasteiger partial charge in [-0.1, -0.05) is 29.8 Å².